The van der Waals surface area contributed by atoms with Crippen molar-refractivity contribution in [3.8, 4) is 11.5 Å². The molecule has 0 spiro atoms. The van der Waals surface area contributed by atoms with Crippen LogP contribution in [0.25, 0.3) is 0 Å². The van der Waals surface area contributed by atoms with Gasteiger partial charge in [0.05, 0.1) is 6.61 Å². The molecule has 3 rings (SSSR count). The van der Waals surface area contributed by atoms with Crippen LogP contribution in [0.3, 0.4) is 0 Å². The standard InChI is InChI=1S/C25H36O6/c1-5-6-7-8-17-12-21(30-24(28)29-15-18(27)14-26)23-19-11-16(2)9-10-20(19)25(3,4)31-22(23)13-17/h11-13,18-20,26-27H,5-10,14-15H2,1-4H3/t18-,19-,20-/m1/s1. The van der Waals surface area contributed by atoms with Gasteiger partial charge in [-0.1, -0.05) is 31.4 Å². The summed E-state index contributed by atoms with van der Waals surface area (Å²) in [7, 11) is 0. The highest BCUT2D eigenvalue weighted by atomic mass is 16.7. The minimum Gasteiger partial charge on any atom is -0.487 e. The van der Waals surface area contributed by atoms with Gasteiger partial charge in [0.15, 0.2) is 0 Å². The number of aryl methyl sites for hydroxylation is 1. The molecule has 6 heteroatoms. The minimum absolute atomic E-state index is 0.100. The maximum Gasteiger partial charge on any atom is 0.513 e. The van der Waals surface area contributed by atoms with Crippen LogP contribution < -0.4 is 9.47 Å². The maximum absolute atomic E-state index is 12.3. The normalized spacial score (nSPS) is 22.5. The number of unbranched alkanes of at least 4 members (excludes halogenated alkanes) is 2. The van der Waals surface area contributed by atoms with Crippen LogP contribution >= 0.6 is 0 Å². The molecule has 0 aromatic heterocycles. The number of carbonyl (C=O) groups excluding carboxylic acids is 1. The maximum atomic E-state index is 12.3. The van der Waals surface area contributed by atoms with Crippen molar-refractivity contribution < 1.29 is 29.2 Å². The second-order valence-electron chi connectivity index (χ2n) is 9.35. The molecule has 1 aromatic carbocycles. The zero-order valence-corrected chi connectivity index (χ0v) is 19.1. The fraction of sp³-hybridized carbons (Fsp3) is 0.640. The highest BCUT2D eigenvalue weighted by molar-refractivity contribution is 5.67. The number of hydrogen-bond acceptors (Lipinski definition) is 6. The summed E-state index contributed by atoms with van der Waals surface area (Å²) in [5, 5.41) is 18.4. The first-order chi connectivity index (χ1) is 14.7. The molecule has 2 aliphatic rings. The fourth-order valence-electron chi connectivity index (χ4n) is 4.70. The van der Waals surface area contributed by atoms with E-state index in [1.807, 2.05) is 6.07 Å². The first-order valence-corrected chi connectivity index (χ1v) is 11.4. The molecule has 0 saturated carbocycles. The molecule has 0 saturated heterocycles. The quantitative estimate of drug-likeness (QED) is 0.263. The number of rotatable bonds is 8. The Kier molecular flexibility index (Phi) is 7.65. The smallest absolute Gasteiger partial charge is 0.487 e. The van der Waals surface area contributed by atoms with Gasteiger partial charge in [0.1, 0.15) is 29.8 Å². The lowest BCUT2D eigenvalue weighted by Crippen LogP contribution is -2.45. The van der Waals surface area contributed by atoms with Crippen molar-refractivity contribution >= 4 is 6.16 Å². The molecule has 0 fully saturated rings. The molecule has 1 aliphatic carbocycles. The fourth-order valence-corrected chi connectivity index (χ4v) is 4.70. The summed E-state index contributed by atoms with van der Waals surface area (Å²) >= 11 is 0. The third-order valence-electron chi connectivity index (χ3n) is 6.38. The highest BCUT2D eigenvalue weighted by Crippen LogP contribution is 2.53. The third kappa shape index (κ3) is 5.60. The van der Waals surface area contributed by atoms with Gasteiger partial charge in [-0.25, -0.2) is 4.79 Å². The van der Waals surface area contributed by atoms with Gasteiger partial charge in [-0.05, 0) is 64.2 Å². The van der Waals surface area contributed by atoms with Gasteiger partial charge in [-0.15, -0.1) is 0 Å². The van der Waals surface area contributed by atoms with Crippen molar-refractivity contribution in [1.82, 2.24) is 0 Å². The van der Waals surface area contributed by atoms with Gasteiger partial charge in [0.25, 0.3) is 0 Å². The van der Waals surface area contributed by atoms with Crippen LogP contribution in [0.15, 0.2) is 23.8 Å². The van der Waals surface area contributed by atoms with Crippen LogP contribution in [0.4, 0.5) is 4.79 Å². The SMILES string of the molecule is CCCCCc1cc(OC(=O)OC[C@H](O)CO)c2c(c1)OC(C)(C)[C@@H]1CCC(C)=C[C@@H]21. The van der Waals surface area contributed by atoms with E-state index in [1.165, 1.54) is 5.57 Å². The average Bonchev–Trinajstić information content (AvgIpc) is 2.71. The summed E-state index contributed by atoms with van der Waals surface area (Å²) in [5.74, 6) is 1.61. The molecule has 3 atom stereocenters. The van der Waals surface area contributed by atoms with Crippen molar-refractivity contribution in [2.24, 2.45) is 5.92 Å². The van der Waals surface area contributed by atoms with Gasteiger partial charge in [0, 0.05) is 17.4 Å². The number of fused-ring (bicyclic) bond motifs is 3. The van der Waals surface area contributed by atoms with Gasteiger partial charge in [-0.2, -0.15) is 0 Å². The lowest BCUT2D eigenvalue weighted by molar-refractivity contribution is 0.00812. The molecular weight excluding hydrogens is 396 g/mol. The van der Waals surface area contributed by atoms with Gasteiger partial charge in [-0.3, -0.25) is 0 Å². The highest BCUT2D eigenvalue weighted by Gasteiger charge is 2.45. The van der Waals surface area contributed by atoms with Crippen molar-refractivity contribution in [2.75, 3.05) is 13.2 Å². The lowest BCUT2D eigenvalue weighted by atomic mass is 9.68. The van der Waals surface area contributed by atoms with Crippen molar-refractivity contribution in [1.29, 1.82) is 0 Å². The zero-order valence-electron chi connectivity index (χ0n) is 19.1. The molecule has 0 amide bonds. The van der Waals surface area contributed by atoms with E-state index >= 15 is 0 Å². The molecule has 1 heterocycles. The first kappa shape index (κ1) is 23.6. The minimum atomic E-state index is -1.13. The van der Waals surface area contributed by atoms with E-state index < -0.39 is 18.9 Å². The van der Waals surface area contributed by atoms with Crippen molar-refractivity contribution in [3.63, 3.8) is 0 Å². The van der Waals surface area contributed by atoms with E-state index in [9.17, 15) is 9.90 Å². The number of allylic oxidation sites excluding steroid dienone is 2. The van der Waals surface area contributed by atoms with Gasteiger partial charge in [0.2, 0.25) is 0 Å². The number of benzene rings is 1. The van der Waals surface area contributed by atoms with E-state index in [4.69, 9.17) is 19.3 Å². The van der Waals surface area contributed by atoms with E-state index in [1.54, 1.807) is 0 Å². The van der Waals surface area contributed by atoms with Gasteiger partial charge >= 0.3 is 6.16 Å². The molecular formula is C25H36O6. The zero-order chi connectivity index (χ0) is 22.6. The topological polar surface area (TPSA) is 85.2 Å². The van der Waals surface area contributed by atoms with E-state index in [-0.39, 0.29) is 24.0 Å². The molecule has 1 aromatic rings. The first-order valence-electron chi connectivity index (χ1n) is 11.4. The van der Waals surface area contributed by atoms with Crippen molar-refractivity contribution in [3.05, 3.63) is 34.9 Å². The third-order valence-corrected chi connectivity index (χ3v) is 6.38. The summed E-state index contributed by atoms with van der Waals surface area (Å²) < 4.78 is 17.1. The Balaban J connectivity index is 1.96. The molecule has 0 unspecified atom stereocenters. The molecule has 0 bridgehead atoms. The summed E-state index contributed by atoms with van der Waals surface area (Å²) in [6.07, 6.45) is 6.51. The van der Waals surface area contributed by atoms with Crippen LogP contribution in [-0.4, -0.2) is 41.3 Å². The molecule has 0 radical (unpaired) electrons. The van der Waals surface area contributed by atoms with E-state index in [0.717, 1.165) is 55.4 Å². The van der Waals surface area contributed by atoms with Crippen molar-refractivity contribution in [2.45, 2.75) is 83.8 Å². The molecule has 172 valence electrons. The van der Waals surface area contributed by atoms with Crippen LogP contribution in [0, 0.1) is 5.92 Å². The Labute approximate surface area is 185 Å². The van der Waals surface area contributed by atoms with E-state index in [0.29, 0.717) is 5.75 Å². The van der Waals surface area contributed by atoms with Crippen LogP contribution in [0.5, 0.6) is 11.5 Å². The summed E-state index contributed by atoms with van der Waals surface area (Å²) in [6, 6.07) is 4.02. The van der Waals surface area contributed by atoms with Crippen LogP contribution in [0.1, 0.15) is 76.8 Å². The second kappa shape index (κ2) is 10.0. The number of hydrogen-bond donors (Lipinski definition) is 2. The molecule has 6 nitrogen and oxygen atoms in total. The monoisotopic (exact) mass is 432 g/mol. The van der Waals surface area contributed by atoms with E-state index in [2.05, 4.69) is 39.8 Å². The average molecular weight is 433 g/mol. The number of aliphatic hydroxyl groups is 2. The summed E-state index contributed by atoms with van der Waals surface area (Å²) in [6.45, 7) is 7.78. The van der Waals surface area contributed by atoms with Crippen LogP contribution in [0.2, 0.25) is 0 Å². The van der Waals surface area contributed by atoms with Crippen LogP contribution in [-0.2, 0) is 11.2 Å². The number of ether oxygens (including phenoxy) is 3. The molecule has 1 aliphatic heterocycles. The number of carbonyl (C=O) groups is 1. The molecule has 31 heavy (non-hydrogen) atoms. The Morgan fingerprint density at radius 2 is 2.10 bits per heavy atom. The largest absolute Gasteiger partial charge is 0.513 e. The Morgan fingerprint density at radius 3 is 2.81 bits per heavy atom. The molecule has 2 N–H and O–H groups in total. The van der Waals surface area contributed by atoms with Gasteiger partial charge < -0.3 is 24.4 Å². The number of aliphatic hydroxyl groups excluding tert-OH is 2. The predicted octanol–water partition coefficient (Wildman–Crippen LogP) is 4.90. The predicted molar refractivity (Wildman–Crippen MR) is 119 cm³/mol. The summed E-state index contributed by atoms with van der Waals surface area (Å²) in [5.41, 5.74) is 2.97. The Morgan fingerprint density at radius 1 is 1.32 bits per heavy atom. The summed E-state index contributed by atoms with van der Waals surface area (Å²) in [4.78, 5) is 12.3. The second-order valence-corrected chi connectivity index (χ2v) is 9.35. The Hall–Kier alpha value is -2.05. The lowest BCUT2D eigenvalue weighted by Gasteiger charge is -2.46. The Bertz CT molecular complexity index is 812.